The van der Waals surface area contributed by atoms with Gasteiger partial charge in [-0.2, -0.15) is 0 Å². The molecule has 3 nitrogen and oxygen atoms in total. The predicted molar refractivity (Wildman–Crippen MR) is 146 cm³/mol. The Kier molecular flexibility index (Phi) is 21.1. The molecule has 0 amide bonds. The van der Waals surface area contributed by atoms with E-state index in [1.54, 1.807) is 12.4 Å². The summed E-state index contributed by atoms with van der Waals surface area (Å²) in [6.45, 7) is 2.57. The minimum Gasteiger partial charge on any atom is -0.461 e. The molecule has 1 aromatic heterocycles. The molecule has 0 unspecified atom stereocenters. The fourth-order valence-electron chi connectivity index (χ4n) is 3.73. The summed E-state index contributed by atoms with van der Waals surface area (Å²) >= 11 is 0. The summed E-state index contributed by atoms with van der Waals surface area (Å²) in [5.74, 6) is -0.134. The maximum Gasteiger partial charge on any atom is 0.306 e. The van der Waals surface area contributed by atoms with Crippen molar-refractivity contribution in [1.82, 2.24) is 4.98 Å². The van der Waals surface area contributed by atoms with Crippen LogP contribution in [0.3, 0.4) is 0 Å². The molecule has 1 heterocycles. The first kappa shape index (κ1) is 29.9. The van der Waals surface area contributed by atoms with Gasteiger partial charge in [-0.25, -0.2) is 0 Å². The number of allylic oxidation sites excluding steroid dienone is 6. The number of hydrogen-bond acceptors (Lipinski definition) is 3. The Balaban J connectivity index is 1.80. The average Bonchev–Trinajstić information content (AvgIpc) is 2.86. The topological polar surface area (TPSA) is 39.2 Å². The van der Waals surface area contributed by atoms with Gasteiger partial charge in [0.1, 0.15) is 6.61 Å². The molecule has 34 heavy (non-hydrogen) atoms. The number of rotatable bonds is 22. The van der Waals surface area contributed by atoms with Crippen LogP contribution in [0, 0.1) is 0 Å². The molecule has 0 bridgehead atoms. The Labute approximate surface area is 209 Å². The van der Waals surface area contributed by atoms with Crippen LogP contribution < -0.4 is 0 Å². The van der Waals surface area contributed by atoms with Gasteiger partial charge >= 0.3 is 5.97 Å². The van der Waals surface area contributed by atoms with E-state index in [0.717, 1.165) is 31.2 Å². The number of nitrogens with zero attached hydrogens (tertiary/aromatic N) is 1. The molecule has 0 spiro atoms. The molecule has 0 N–H and O–H groups in total. The van der Waals surface area contributed by atoms with Crippen molar-refractivity contribution in [2.75, 3.05) is 0 Å². The molecule has 0 radical (unpaired) electrons. The molecular weight excluding hydrogens is 418 g/mol. The molecule has 0 fully saturated rings. The summed E-state index contributed by atoms with van der Waals surface area (Å²) in [4.78, 5) is 15.8. The molecule has 0 aromatic carbocycles. The number of unbranched alkanes of at least 4 members (excludes halogenated alkanes) is 12. The van der Waals surface area contributed by atoms with E-state index in [9.17, 15) is 4.79 Å². The third kappa shape index (κ3) is 20.4. The van der Waals surface area contributed by atoms with E-state index in [4.69, 9.17) is 4.74 Å². The second-order valence-electron chi connectivity index (χ2n) is 9.10. The lowest BCUT2D eigenvalue weighted by atomic mass is 10.1. The summed E-state index contributed by atoms with van der Waals surface area (Å²) < 4.78 is 5.26. The number of carbonyl (C=O) groups excluding carboxylic acids is 1. The van der Waals surface area contributed by atoms with Gasteiger partial charge in [0, 0.05) is 24.4 Å². The van der Waals surface area contributed by atoms with Crippen molar-refractivity contribution in [3.8, 4) is 0 Å². The van der Waals surface area contributed by atoms with E-state index >= 15 is 0 Å². The third-order valence-corrected chi connectivity index (χ3v) is 5.84. The van der Waals surface area contributed by atoms with Gasteiger partial charge in [-0.1, -0.05) is 88.0 Å². The molecule has 0 aliphatic rings. The highest BCUT2D eigenvalue weighted by Crippen LogP contribution is 2.10. The van der Waals surface area contributed by atoms with Crippen molar-refractivity contribution in [2.45, 2.75) is 123 Å². The number of esters is 1. The first-order valence-corrected chi connectivity index (χ1v) is 13.8. The first-order chi connectivity index (χ1) is 16.8. The second-order valence-corrected chi connectivity index (χ2v) is 9.10. The maximum absolute atomic E-state index is 11.7. The van der Waals surface area contributed by atoms with E-state index in [-0.39, 0.29) is 5.97 Å². The zero-order chi connectivity index (χ0) is 24.4. The lowest BCUT2D eigenvalue weighted by Gasteiger charge is -2.03. The first-order valence-electron chi connectivity index (χ1n) is 13.8. The van der Waals surface area contributed by atoms with Gasteiger partial charge in [0.25, 0.3) is 0 Å². The molecule has 0 aliphatic carbocycles. The molecule has 0 atom stereocenters. The highest BCUT2D eigenvalue weighted by molar-refractivity contribution is 5.69. The smallest absolute Gasteiger partial charge is 0.306 e. The maximum atomic E-state index is 11.7. The second kappa shape index (κ2) is 24.0. The molecular formula is C31H49NO2. The van der Waals surface area contributed by atoms with Crippen LogP contribution >= 0.6 is 0 Å². The Bertz CT molecular complexity index is 663. The lowest BCUT2D eigenvalue weighted by Crippen LogP contribution is -2.04. The fraction of sp³-hybridized carbons (Fsp3) is 0.613. The lowest BCUT2D eigenvalue weighted by molar-refractivity contribution is -0.145. The summed E-state index contributed by atoms with van der Waals surface area (Å²) in [5, 5.41) is 0. The quantitative estimate of drug-likeness (QED) is 0.0968. The van der Waals surface area contributed by atoms with Crippen molar-refractivity contribution in [1.29, 1.82) is 0 Å². The SMILES string of the molecule is CCCCC/C=C\CCCCCCCC/C=C\CC/C=C\CCCC(=O)OCc1cccnc1. The van der Waals surface area contributed by atoms with Gasteiger partial charge in [0.05, 0.1) is 0 Å². The van der Waals surface area contributed by atoms with Crippen LogP contribution in [0.5, 0.6) is 0 Å². The monoisotopic (exact) mass is 467 g/mol. The number of carbonyl (C=O) groups is 1. The summed E-state index contributed by atoms with van der Waals surface area (Å²) in [6.07, 6.45) is 37.7. The van der Waals surface area contributed by atoms with Crippen molar-refractivity contribution < 1.29 is 9.53 Å². The van der Waals surface area contributed by atoms with Crippen LogP contribution in [0.15, 0.2) is 61.0 Å². The van der Waals surface area contributed by atoms with Crippen LogP contribution in [0.1, 0.15) is 122 Å². The normalized spacial score (nSPS) is 11.8. The fourth-order valence-corrected chi connectivity index (χ4v) is 3.73. The zero-order valence-electron chi connectivity index (χ0n) is 21.8. The van der Waals surface area contributed by atoms with Crippen LogP contribution in [-0.4, -0.2) is 11.0 Å². The van der Waals surface area contributed by atoms with Crippen molar-refractivity contribution in [3.05, 3.63) is 66.5 Å². The highest BCUT2D eigenvalue weighted by atomic mass is 16.5. The van der Waals surface area contributed by atoms with Gasteiger partial charge in [0.2, 0.25) is 0 Å². The van der Waals surface area contributed by atoms with Crippen molar-refractivity contribution >= 4 is 5.97 Å². The minimum absolute atomic E-state index is 0.134. The number of pyridine rings is 1. The average molecular weight is 468 g/mol. The minimum atomic E-state index is -0.134. The number of ether oxygens (including phenoxy) is 1. The molecule has 190 valence electrons. The van der Waals surface area contributed by atoms with Crippen molar-refractivity contribution in [2.24, 2.45) is 0 Å². The summed E-state index contributed by atoms with van der Waals surface area (Å²) in [6, 6.07) is 3.76. The van der Waals surface area contributed by atoms with Gasteiger partial charge < -0.3 is 4.74 Å². The molecule has 1 aromatic rings. The van der Waals surface area contributed by atoms with Gasteiger partial charge in [-0.3, -0.25) is 9.78 Å². The number of aromatic nitrogens is 1. The predicted octanol–water partition coefficient (Wildman–Crippen LogP) is 9.44. The summed E-state index contributed by atoms with van der Waals surface area (Å²) in [7, 11) is 0. The van der Waals surface area contributed by atoms with E-state index < -0.39 is 0 Å². The van der Waals surface area contributed by atoms with E-state index in [2.05, 4.69) is 48.4 Å². The van der Waals surface area contributed by atoms with E-state index in [0.29, 0.717) is 13.0 Å². The molecule has 0 aliphatic heterocycles. The van der Waals surface area contributed by atoms with Gasteiger partial charge in [0.15, 0.2) is 0 Å². The standard InChI is InChI=1S/C31H49NO2/c1-2-3-4-5-6-7-8-9-10-11-12-13-14-15-16-17-18-19-20-21-22-23-26-31(33)34-29-30-25-24-27-32-28-30/h6-7,16-17,20-21,24-25,27-28H,2-5,8-15,18-19,22-23,26,29H2,1H3/b7-6-,17-16-,21-20-. The Morgan fingerprint density at radius 3 is 1.82 bits per heavy atom. The number of hydrogen-bond donors (Lipinski definition) is 0. The van der Waals surface area contributed by atoms with E-state index in [1.807, 2.05) is 12.1 Å². The highest BCUT2D eigenvalue weighted by Gasteiger charge is 2.02. The van der Waals surface area contributed by atoms with Gasteiger partial charge in [-0.15, -0.1) is 0 Å². The summed E-state index contributed by atoms with van der Waals surface area (Å²) in [5.41, 5.74) is 0.927. The van der Waals surface area contributed by atoms with Crippen molar-refractivity contribution in [3.63, 3.8) is 0 Å². The van der Waals surface area contributed by atoms with E-state index in [1.165, 1.54) is 77.0 Å². The third-order valence-electron chi connectivity index (χ3n) is 5.84. The largest absolute Gasteiger partial charge is 0.461 e. The van der Waals surface area contributed by atoms with Crippen LogP contribution in [0.2, 0.25) is 0 Å². The molecule has 0 saturated heterocycles. The van der Waals surface area contributed by atoms with Crippen LogP contribution in [0.25, 0.3) is 0 Å². The van der Waals surface area contributed by atoms with Crippen LogP contribution in [-0.2, 0) is 16.1 Å². The molecule has 3 heteroatoms. The Morgan fingerprint density at radius 1 is 0.735 bits per heavy atom. The molecule has 1 rings (SSSR count). The molecule has 0 saturated carbocycles. The van der Waals surface area contributed by atoms with Gasteiger partial charge in [-0.05, 0) is 70.3 Å². The van der Waals surface area contributed by atoms with Crippen LogP contribution in [0.4, 0.5) is 0 Å². The Morgan fingerprint density at radius 2 is 1.26 bits per heavy atom. The Hall–Kier alpha value is -2.16. The zero-order valence-corrected chi connectivity index (χ0v) is 21.8.